The van der Waals surface area contributed by atoms with Gasteiger partial charge in [-0.3, -0.25) is 19.7 Å². The van der Waals surface area contributed by atoms with Gasteiger partial charge < -0.3 is 10.0 Å². The smallest absolute Gasteiger partial charge is 0.256 e. The van der Waals surface area contributed by atoms with Gasteiger partial charge >= 0.3 is 0 Å². The van der Waals surface area contributed by atoms with E-state index in [0.717, 1.165) is 17.0 Å². The summed E-state index contributed by atoms with van der Waals surface area (Å²) in [5.41, 5.74) is 0.160. The Labute approximate surface area is 119 Å². The third-order valence-corrected chi connectivity index (χ3v) is 2.75. The van der Waals surface area contributed by atoms with Crippen molar-refractivity contribution in [2.45, 2.75) is 0 Å². The fraction of sp³-hybridized carbons (Fsp3) is 0.214. The number of benzene rings is 1. The van der Waals surface area contributed by atoms with Crippen molar-refractivity contribution < 1.29 is 23.9 Å². The van der Waals surface area contributed by atoms with Crippen LogP contribution in [0.5, 0.6) is 0 Å². The molecule has 2 N–H and O–H groups in total. The number of hydrogen-bond acceptors (Lipinski definition) is 4. The van der Waals surface area contributed by atoms with E-state index in [1.54, 1.807) is 0 Å². The number of imide groups is 1. The normalized spacial score (nSPS) is 14.3. The van der Waals surface area contributed by atoms with Gasteiger partial charge in [-0.1, -0.05) is 11.8 Å². The summed E-state index contributed by atoms with van der Waals surface area (Å²) in [6.07, 6.45) is 0. The van der Waals surface area contributed by atoms with Crippen molar-refractivity contribution in [3.05, 3.63) is 35.1 Å². The van der Waals surface area contributed by atoms with Crippen LogP contribution in [0.25, 0.3) is 0 Å². The molecule has 0 radical (unpaired) electrons. The van der Waals surface area contributed by atoms with E-state index in [1.807, 2.05) is 0 Å². The molecule has 1 aliphatic rings. The van der Waals surface area contributed by atoms with Crippen molar-refractivity contribution in [1.29, 1.82) is 0 Å². The number of carbonyl (C=O) groups is 3. The quantitative estimate of drug-likeness (QED) is 0.527. The molecule has 1 aliphatic heterocycles. The predicted octanol–water partition coefficient (Wildman–Crippen LogP) is -0.732. The Morgan fingerprint density at radius 2 is 2.00 bits per heavy atom. The first-order valence-corrected chi connectivity index (χ1v) is 6.02. The number of nitrogens with one attached hydrogen (secondary N) is 1. The lowest BCUT2D eigenvalue weighted by Gasteiger charge is -2.25. The molecule has 7 heteroatoms. The molecule has 0 saturated carbocycles. The molecule has 1 saturated heterocycles. The highest BCUT2D eigenvalue weighted by Crippen LogP contribution is 2.14. The number of aliphatic hydroxyl groups excluding tert-OH is 1. The highest BCUT2D eigenvalue weighted by atomic mass is 19.1. The van der Waals surface area contributed by atoms with Gasteiger partial charge in [0.25, 0.3) is 5.91 Å². The van der Waals surface area contributed by atoms with Gasteiger partial charge in [0, 0.05) is 5.56 Å². The van der Waals surface area contributed by atoms with Crippen LogP contribution in [0.4, 0.5) is 4.39 Å². The fourth-order valence-corrected chi connectivity index (χ4v) is 1.89. The van der Waals surface area contributed by atoms with Crippen molar-refractivity contribution in [1.82, 2.24) is 10.2 Å². The summed E-state index contributed by atoms with van der Waals surface area (Å²) in [5.74, 6) is 2.40. The second-order valence-corrected chi connectivity index (χ2v) is 4.28. The summed E-state index contributed by atoms with van der Waals surface area (Å²) in [6, 6.07) is 3.42. The molecule has 21 heavy (non-hydrogen) atoms. The summed E-state index contributed by atoms with van der Waals surface area (Å²) >= 11 is 0. The maximum atomic E-state index is 13.3. The number of piperazine rings is 1. The maximum absolute atomic E-state index is 13.3. The van der Waals surface area contributed by atoms with E-state index < -0.39 is 30.1 Å². The van der Waals surface area contributed by atoms with Crippen LogP contribution in [-0.4, -0.2) is 47.4 Å². The fourth-order valence-electron chi connectivity index (χ4n) is 1.89. The van der Waals surface area contributed by atoms with Crippen LogP contribution in [0.1, 0.15) is 15.9 Å². The Morgan fingerprint density at radius 3 is 2.62 bits per heavy atom. The summed E-state index contributed by atoms with van der Waals surface area (Å²) < 4.78 is 13.3. The molecule has 0 aromatic heterocycles. The number of carbonyl (C=O) groups excluding carboxylic acids is 3. The molecule has 1 aromatic carbocycles. The van der Waals surface area contributed by atoms with Gasteiger partial charge in [0.1, 0.15) is 25.5 Å². The Hall–Kier alpha value is -2.72. The van der Waals surface area contributed by atoms with Gasteiger partial charge in [-0.2, -0.15) is 0 Å². The zero-order valence-electron chi connectivity index (χ0n) is 10.9. The first-order chi connectivity index (χ1) is 10.0. The van der Waals surface area contributed by atoms with Gasteiger partial charge in [0.05, 0.1) is 5.56 Å². The van der Waals surface area contributed by atoms with Gasteiger partial charge in [-0.05, 0) is 18.2 Å². The molecule has 1 aromatic rings. The number of amides is 3. The standard InChI is InChI=1S/C14H11FN2O4/c15-10-4-3-9(2-1-5-18)11(6-10)14(21)17-7-12(19)16-13(20)8-17/h3-4,6,18H,5,7-8H2,(H,16,19,20). The molecule has 0 aliphatic carbocycles. The first kappa shape index (κ1) is 14.7. The SMILES string of the molecule is O=C1CN(C(=O)c2cc(F)ccc2C#CCO)CC(=O)N1. The van der Waals surface area contributed by atoms with Crippen molar-refractivity contribution >= 4 is 17.7 Å². The molecule has 3 amide bonds. The topological polar surface area (TPSA) is 86.7 Å². The summed E-state index contributed by atoms with van der Waals surface area (Å²) in [4.78, 5) is 35.9. The third-order valence-electron chi connectivity index (χ3n) is 2.75. The third kappa shape index (κ3) is 3.43. The highest BCUT2D eigenvalue weighted by molar-refractivity contribution is 6.06. The maximum Gasteiger partial charge on any atom is 0.256 e. The molecule has 6 nitrogen and oxygen atoms in total. The Bertz CT molecular complexity index is 659. The molecule has 1 heterocycles. The van der Waals surface area contributed by atoms with Crippen molar-refractivity contribution in [2.24, 2.45) is 0 Å². The Kier molecular flexibility index (Phi) is 4.30. The summed E-state index contributed by atoms with van der Waals surface area (Å²) in [5, 5.41) is 10.8. The van der Waals surface area contributed by atoms with Crippen LogP contribution in [0.2, 0.25) is 0 Å². The van der Waals surface area contributed by atoms with Crippen LogP contribution in [0, 0.1) is 17.7 Å². The molecular weight excluding hydrogens is 279 g/mol. The Balaban J connectivity index is 2.35. The second-order valence-electron chi connectivity index (χ2n) is 4.28. The molecule has 0 unspecified atom stereocenters. The van der Waals surface area contributed by atoms with Crippen molar-refractivity contribution in [3.63, 3.8) is 0 Å². The van der Waals surface area contributed by atoms with E-state index in [1.165, 1.54) is 6.07 Å². The molecular formula is C14H11FN2O4. The van der Waals surface area contributed by atoms with Crippen molar-refractivity contribution in [2.75, 3.05) is 19.7 Å². The summed E-state index contributed by atoms with van der Waals surface area (Å²) in [7, 11) is 0. The lowest BCUT2D eigenvalue weighted by molar-refractivity contribution is -0.135. The average molecular weight is 290 g/mol. The van der Waals surface area contributed by atoms with Crippen LogP contribution in [0.15, 0.2) is 18.2 Å². The van der Waals surface area contributed by atoms with E-state index in [-0.39, 0.29) is 24.2 Å². The van der Waals surface area contributed by atoms with Gasteiger partial charge in [-0.15, -0.1) is 0 Å². The summed E-state index contributed by atoms with van der Waals surface area (Å²) in [6.45, 7) is -0.975. The number of halogens is 1. The molecule has 1 fully saturated rings. The largest absolute Gasteiger partial charge is 0.384 e. The number of aliphatic hydroxyl groups is 1. The van der Waals surface area contributed by atoms with Gasteiger partial charge in [-0.25, -0.2) is 4.39 Å². The molecule has 108 valence electrons. The Morgan fingerprint density at radius 1 is 1.33 bits per heavy atom. The number of rotatable bonds is 1. The lowest BCUT2D eigenvalue weighted by atomic mass is 10.1. The zero-order valence-corrected chi connectivity index (χ0v) is 10.9. The van der Waals surface area contributed by atoms with Crippen LogP contribution >= 0.6 is 0 Å². The molecule has 0 bridgehead atoms. The van der Waals surface area contributed by atoms with Crippen LogP contribution in [-0.2, 0) is 9.59 Å². The zero-order chi connectivity index (χ0) is 15.4. The van der Waals surface area contributed by atoms with Crippen LogP contribution < -0.4 is 5.32 Å². The minimum Gasteiger partial charge on any atom is -0.384 e. The minimum atomic E-state index is -0.667. The molecule has 2 rings (SSSR count). The molecule has 0 spiro atoms. The average Bonchev–Trinajstić information content (AvgIpc) is 2.44. The van der Waals surface area contributed by atoms with Gasteiger partial charge in [0.2, 0.25) is 11.8 Å². The highest BCUT2D eigenvalue weighted by Gasteiger charge is 2.28. The van der Waals surface area contributed by atoms with E-state index in [9.17, 15) is 18.8 Å². The van der Waals surface area contributed by atoms with E-state index in [0.29, 0.717) is 0 Å². The van der Waals surface area contributed by atoms with Crippen molar-refractivity contribution in [3.8, 4) is 11.8 Å². The number of nitrogens with zero attached hydrogens (tertiary/aromatic N) is 1. The monoisotopic (exact) mass is 290 g/mol. The molecule has 0 atom stereocenters. The van der Waals surface area contributed by atoms with Crippen LogP contribution in [0.3, 0.4) is 0 Å². The van der Waals surface area contributed by atoms with E-state index in [4.69, 9.17) is 5.11 Å². The predicted molar refractivity (Wildman–Crippen MR) is 69.4 cm³/mol. The first-order valence-electron chi connectivity index (χ1n) is 6.02. The minimum absolute atomic E-state index is 0.0570. The van der Waals surface area contributed by atoms with Gasteiger partial charge in [0.15, 0.2) is 0 Å². The second kappa shape index (κ2) is 6.15. The van der Waals surface area contributed by atoms with E-state index in [2.05, 4.69) is 17.2 Å². The van der Waals surface area contributed by atoms with E-state index >= 15 is 0 Å². The number of hydrogen-bond donors (Lipinski definition) is 2. The lowest BCUT2D eigenvalue weighted by Crippen LogP contribution is -2.53.